The number of aliphatic imine (C=N–C) groups is 1. The zero-order valence-corrected chi connectivity index (χ0v) is 18.9. The van der Waals surface area contributed by atoms with E-state index in [-0.39, 0.29) is 19.0 Å². The smallest absolute Gasteiger partial charge is 0.238 e. The number of nitrogens with one attached hydrogen (secondary N) is 1. The summed E-state index contributed by atoms with van der Waals surface area (Å²) in [5, 5.41) is 2.88. The van der Waals surface area contributed by atoms with Crippen LogP contribution in [0.1, 0.15) is 11.1 Å². The van der Waals surface area contributed by atoms with Gasteiger partial charge in [-0.15, -0.1) is 0 Å². The average molecular weight is 467 g/mol. The van der Waals surface area contributed by atoms with E-state index in [1.807, 2.05) is 4.90 Å². The number of allylic oxidation sites excluding steroid dienone is 1. The number of benzene rings is 2. The predicted octanol–water partition coefficient (Wildman–Crippen LogP) is 1.89. The van der Waals surface area contributed by atoms with E-state index in [2.05, 4.69) is 10.3 Å². The molecule has 0 saturated carbocycles. The largest absolute Gasteiger partial charge is 0.495 e. The Hall–Kier alpha value is -3.56. The SMILES string of the molecule is COc1ccc(C2(C(N)=O)C=CC(c3ccccc3F)=NC2)cc1NC(=O)CN1CCOCC1. The fourth-order valence-corrected chi connectivity index (χ4v) is 4.11. The molecule has 0 radical (unpaired) electrons. The molecule has 0 bridgehead atoms. The monoisotopic (exact) mass is 466 g/mol. The molecule has 2 aliphatic heterocycles. The number of hydrogen-bond acceptors (Lipinski definition) is 6. The number of morpholine rings is 1. The normalized spacial score (nSPS) is 20.5. The van der Waals surface area contributed by atoms with Gasteiger partial charge in [-0.1, -0.05) is 24.3 Å². The number of anilines is 1. The number of carbonyl (C=O) groups is 2. The minimum Gasteiger partial charge on any atom is -0.495 e. The van der Waals surface area contributed by atoms with Crippen LogP contribution < -0.4 is 15.8 Å². The number of halogens is 1. The van der Waals surface area contributed by atoms with E-state index < -0.39 is 17.1 Å². The number of nitrogens with two attached hydrogens (primary N) is 1. The van der Waals surface area contributed by atoms with Crippen LogP contribution in [0.2, 0.25) is 0 Å². The molecule has 1 atom stereocenters. The van der Waals surface area contributed by atoms with Gasteiger partial charge in [-0.3, -0.25) is 19.5 Å². The van der Waals surface area contributed by atoms with Crippen molar-refractivity contribution in [3.8, 4) is 5.75 Å². The molecule has 0 aliphatic carbocycles. The maximum atomic E-state index is 14.2. The summed E-state index contributed by atoms with van der Waals surface area (Å²) in [5.41, 5.74) is 6.34. The molecule has 2 amide bonds. The number of amides is 2. The van der Waals surface area contributed by atoms with Crippen LogP contribution >= 0.6 is 0 Å². The highest BCUT2D eigenvalue weighted by Gasteiger charge is 2.38. The molecule has 2 heterocycles. The number of ether oxygens (including phenoxy) is 2. The van der Waals surface area contributed by atoms with Gasteiger partial charge in [-0.25, -0.2) is 4.39 Å². The quantitative estimate of drug-likeness (QED) is 0.648. The lowest BCUT2D eigenvalue weighted by molar-refractivity contribution is -0.121. The third kappa shape index (κ3) is 4.85. The second-order valence-corrected chi connectivity index (χ2v) is 8.20. The van der Waals surface area contributed by atoms with Gasteiger partial charge in [0.25, 0.3) is 0 Å². The van der Waals surface area contributed by atoms with E-state index in [0.717, 1.165) is 0 Å². The fraction of sp³-hybridized carbons (Fsp3) is 0.320. The molecular weight excluding hydrogens is 439 g/mol. The number of nitrogens with zero attached hydrogens (tertiary/aromatic N) is 2. The van der Waals surface area contributed by atoms with E-state index in [9.17, 15) is 14.0 Å². The van der Waals surface area contributed by atoms with Crippen LogP contribution in [0.3, 0.4) is 0 Å². The van der Waals surface area contributed by atoms with E-state index in [1.165, 1.54) is 13.2 Å². The third-order valence-electron chi connectivity index (χ3n) is 6.07. The molecule has 34 heavy (non-hydrogen) atoms. The van der Waals surface area contributed by atoms with Crippen molar-refractivity contribution < 1.29 is 23.5 Å². The minimum atomic E-state index is -1.25. The highest BCUT2D eigenvalue weighted by atomic mass is 19.1. The maximum Gasteiger partial charge on any atom is 0.238 e. The van der Waals surface area contributed by atoms with E-state index in [1.54, 1.807) is 48.6 Å². The molecule has 0 aromatic heterocycles. The van der Waals surface area contributed by atoms with Gasteiger partial charge in [-0.2, -0.15) is 0 Å². The molecule has 9 heteroatoms. The van der Waals surface area contributed by atoms with Gasteiger partial charge in [0, 0.05) is 18.7 Å². The first kappa shape index (κ1) is 23.6. The summed E-state index contributed by atoms with van der Waals surface area (Å²) in [4.78, 5) is 31.8. The van der Waals surface area contributed by atoms with Crippen LogP contribution in [0.4, 0.5) is 10.1 Å². The molecule has 4 rings (SSSR count). The van der Waals surface area contributed by atoms with Gasteiger partial charge in [-0.05, 0) is 35.9 Å². The van der Waals surface area contributed by atoms with Crippen LogP contribution in [0.5, 0.6) is 5.75 Å². The Morgan fingerprint density at radius 2 is 2.00 bits per heavy atom. The van der Waals surface area contributed by atoms with E-state index >= 15 is 0 Å². The third-order valence-corrected chi connectivity index (χ3v) is 6.07. The fourth-order valence-electron chi connectivity index (χ4n) is 4.11. The minimum absolute atomic E-state index is 0.00991. The molecule has 178 valence electrons. The number of carbonyl (C=O) groups excluding carboxylic acids is 2. The van der Waals surface area contributed by atoms with Crippen LogP contribution in [0.25, 0.3) is 0 Å². The van der Waals surface area contributed by atoms with Crippen molar-refractivity contribution in [1.82, 2.24) is 4.90 Å². The van der Waals surface area contributed by atoms with Gasteiger partial charge < -0.3 is 20.5 Å². The molecule has 1 unspecified atom stereocenters. The lowest BCUT2D eigenvalue weighted by Gasteiger charge is -2.30. The summed E-state index contributed by atoms with van der Waals surface area (Å²) < 4.78 is 24.9. The lowest BCUT2D eigenvalue weighted by Crippen LogP contribution is -2.44. The summed E-state index contributed by atoms with van der Waals surface area (Å²) in [6.45, 7) is 2.78. The Labute approximate surface area is 197 Å². The first-order chi connectivity index (χ1) is 16.4. The summed E-state index contributed by atoms with van der Waals surface area (Å²) >= 11 is 0. The molecule has 2 aliphatic rings. The van der Waals surface area contributed by atoms with Crippen molar-refractivity contribution in [2.45, 2.75) is 5.41 Å². The molecule has 8 nitrogen and oxygen atoms in total. The van der Waals surface area contributed by atoms with Gasteiger partial charge in [0.2, 0.25) is 11.8 Å². The molecule has 2 aromatic carbocycles. The van der Waals surface area contributed by atoms with Gasteiger partial charge >= 0.3 is 0 Å². The molecule has 3 N–H and O–H groups in total. The second-order valence-electron chi connectivity index (χ2n) is 8.20. The first-order valence-corrected chi connectivity index (χ1v) is 11.0. The number of primary amides is 1. The average Bonchev–Trinajstić information content (AvgIpc) is 2.85. The lowest BCUT2D eigenvalue weighted by atomic mass is 9.77. The zero-order valence-electron chi connectivity index (χ0n) is 18.9. The van der Waals surface area contributed by atoms with Crippen molar-refractivity contribution in [2.75, 3.05) is 51.8 Å². The molecule has 0 spiro atoms. The second kappa shape index (κ2) is 10.1. The van der Waals surface area contributed by atoms with Gasteiger partial charge in [0.05, 0.1) is 44.8 Å². The summed E-state index contributed by atoms with van der Waals surface area (Å²) in [7, 11) is 1.50. The molecule has 1 fully saturated rings. The number of hydrogen-bond donors (Lipinski definition) is 2. The molecular formula is C25H27FN4O4. The Bertz CT molecular complexity index is 1140. The maximum absolute atomic E-state index is 14.2. The van der Waals surface area contributed by atoms with E-state index in [4.69, 9.17) is 15.2 Å². The van der Waals surface area contributed by atoms with Crippen LogP contribution in [0, 0.1) is 5.82 Å². The number of dihydropyridines is 1. The Morgan fingerprint density at radius 3 is 2.65 bits per heavy atom. The standard InChI is InChI=1S/C25H27FN4O4/c1-33-22-7-6-17(14-21(22)29-23(31)15-30-10-12-34-13-11-30)25(24(27)32)9-8-20(28-16-25)18-4-2-3-5-19(18)26/h2-9,14H,10-13,15-16H2,1H3,(H2,27,32)(H,29,31). The Morgan fingerprint density at radius 1 is 1.24 bits per heavy atom. The topological polar surface area (TPSA) is 106 Å². The van der Waals surface area contributed by atoms with Gasteiger partial charge in [0.1, 0.15) is 17.0 Å². The van der Waals surface area contributed by atoms with Gasteiger partial charge in [0.15, 0.2) is 0 Å². The predicted molar refractivity (Wildman–Crippen MR) is 127 cm³/mol. The Kier molecular flexibility index (Phi) is 7.04. The van der Waals surface area contributed by atoms with Crippen LogP contribution in [-0.2, 0) is 19.7 Å². The number of methoxy groups -OCH3 is 1. The first-order valence-electron chi connectivity index (χ1n) is 11.0. The van der Waals surface area contributed by atoms with Crippen molar-refractivity contribution in [3.63, 3.8) is 0 Å². The summed E-state index contributed by atoms with van der Waals surface area (Å²) in [6, 6.07) is 11.4. The van der Waals surface area contributed by atoms with Crippen molar-refractivity contribution >= 4 is 23.2 Å². The van der Waals surface area contributed by atoms with Crippen molar-refractivity contribution in [2.24, 2.45) is 10.7 Å². The Balaban J connectivity index is 1.59. The highest BCUT2D eigenvalue weighted by Crippen LogP contribution is 2.35. The van der Waals surface area contributed by atoms with Crippen LogP contribution in [-0.4, -0.2) is 68.9 Å². The summed E-state index contributed by atoms with van der Waals surface area (Å²) in [5.74, 6) is -0.749. The van der Waals surface area contributed by atoms with E-state index in [0.29, 0.717) is 54.6 Å². The zero-order chi connectivity index (χ0) is 24.1. The van der Waals surface area contributed by atoms with Crippen molar-refractivity contribution in [1.29, 1.82) is 0 Å². The molecule has 2 aromatic rings. The summed E-state index contributed by atoms with van der Waals surface area (Å²) in [6.07, 6.45) is 3.25. The van der Waals surface area contributed by atoms with Crippen LogP contribution in [0.15, 0.2) is 59.6 Å². The number of rotatable bonds is 7. The highest BCUT2D eigenvalue weighted by molar-refractivity contribution is 6.10. The molecule has 1 saturated heterocycles. The van der Waals surface area contributed by atoms with Crippen molar-refractivity contribution in [3.05, 3.63) is 71.6 Å².